The molecule has 0 aromatic heterocycles. The van der Waals surface area contributed by atoms with E-state index in [2.05, 4.69) is 11.1 Å². The van der Waals surface area contributed by atoms with Crippen LogP contribution in [0, 0.1) is 0 Å². The van der Waals surface area contributed by atoms with Gasteiger partial charge in [-0.3, -0.25) is 0 Å². The molecule has 1 heterocycles. The number of hydrogen-bond acceptors (Lipinski definition) is 1. The standard InChI is InChI=1S/C15H13Cl2N3/c16-11-5-3-6-12(14(11)17)19-15(18)20-9-8-10-4-1-2-7-13(10)20/h1-7H,8-9H2,(H2,18,19). The number of halogens is 2. The van der Waals surface area contributed by atoms with Crippen LogP contribution in [-0.2, 0) is 6.42 Å². The van der Waals surface area contributed by atoms with Crippen LogP contribution in [0.2, 0.25) is 10.0 Å². The van der Waals surface area contributed by atoms with Gasteiger partial charge < -0.3 is 10.6 Å². The first-order chi connectivity index (χ1) is 9.66. The largest absolute Gasteiger partial charge is 0.369 e. The topological polar surface area (TPSA) is 41.6 Å². The number of hydrogen-bond donors (Lipinski definition) is 1. The minimum Gasteiger partial charge on any atom is -0.369 e. The van der Waals surface area contributed by atoms with Gasteiger partial charge in [0.2, 0.25) is 5.96 Å². The number of aliphatic imine (C=N–C) groups is 1. The van der Waals surface area contributed by atoms with Gasteiger partial charge in [0.25, 0.3) is 0 Å². The average Bonchev–Trinajstić information content (AvgIpc) is 2.88. The van der Waals surface area contributed by atoms with Gasteiger partial charge >= 0.3 is 0 Å². The molecule has 0 unspecified atom stereocenters. The van der Waals surface area contributed by atoms with Gasteiger partial charge in [0.1, 0.15) is 0 Å². The van der Waals surface area contributed by atoms with Gasteiger partial charge in [-0.25, -0.2) is 4.99 Å². The van der Waals surface area contributed by atoms with Crippen LogP contribution < -0.4 is 10.6 Å². The monoisotopic (exact) mass is 305 g/mol. The molecule has 2 aromatic carbocycles. The Hall–Kier alpha value is -1.71. The quantitative estimate of drug-likeness (QED) is 0.639. The summed E-state index contributed by atoms with van der Waals surface area (Å²) in [5, 5.41) is 0.895. The zero-order chi connectivity index (χ0) is 14.1. The summed E-state index contributed by atoms with van der Waals surface area (Å²) in [6, 6.07) is 13.5. The molecule has 2 aromatic rings. The van der Waals surface area contributed by atoms with E-state index in [0.717, 1.165) is 18.7 Å². The van der Waals surface area contributed by atoms with Crippen LogP contribution in [0.25, 0.3) is 0 Å². The lowest BCUT2D eigenvalue weighted by atomic mass is 10.2. The Morgan fingerprint density at radius 3 is 2.75 bits per heavy atom. The molecule has 0 spiro atoms. The zero-order valence-corrected chi connectivity index (χ0v) is 12.2. The fourth-order valence-electron chi connectivity index (χ4n) is 2.34. The third-order valence-electron chi connectivity index (χ3n) is 3.33. The minimum absolute atomic E-state index is 0.421. The second kappa shape index (κ2) is 5.35. The van der Waals surface area contributed by atoms with E-state index < -0.39 is 0 Å². The van der Waals surface area contributed by atoms with Crippen molar-refractivity contribution >= 4 is 40.5 Å². The molecule has 0 bridgehead atoms. The van der Waals surface area contributed by atoms with Gasteiger partial charge in [-0.15, -0.1) is 0 Å². The fourth-order valence-corrected chi connectivity index (χ4v) is 2.68. The van der Waals surface area contributed by atoms with E-state index in [9.17, 15) is 0 Å². The molecule has 0 amide bonds. The molecule has 0 saturated carbocycles. The molecule has 1 aliphatic heterocycles. The second-order valence-electron chi connectivity index (χ2n) is 4.57. The molecule has 2 N–H and O–H groups in total. The molecule has 3 nitrogen and oxygen atoms in total. The zero-order valence-electron chi connectivity index (χ0n) is 10.7. The van der Waals surface area contributed by atoms with Gasteiger partial charge in [0.15, 0.2) is 0 Å². The van der Waals surface area contributed by atoms with Crippen LogP contribution in [0.15, 0.2) is 47.5 Å². The molecule has 3 rings (SSSR count). The van der Waals surface area contributed by atoms with E-state index in [1.54, 1.807) is 18.2 Å². The number of rotatable bonds is 1. The summed E-state index contributed by atoms with van der Waals surface area (Å²) in [7, 11) is 0. The molecule has 20 heavy (non-hydrogen) atoms. The fraction of sp³-hybridized carbons (Fsp3) is 0.133. The normalized spacial score (nSPS) is 14.5. The lowest BCUT2D eigenvalue weighted by Crippen LogP contribution is -2.35. The third kappa shape index (κ3) is 2.35. The lowest BCUT2D eigenvalue weighted by molar-refractivity contribution is 1.01. The van der Waals surface area contributed by atoms with Crippen LogP contribution in [0.1, 0.15) is 5.56 Å². The summed E-state index contributed by atoms with van der Waals surface area (Å²) in [4.78, 5) is 6.40. The van der Waals surface area contributed by atoms with Crippen molar-refractivity contribution in [2.75, 3.05) is 11.4 Å². The smallest absolute Gasteiger partial charge is 0.201 e. The highest BCUT2D eigenvalue weighted by Crippen LogP contribution is 2.33. The van der Waals surface area contributed by atoms with Crippen LogP contribution in [-0.4, -0.2) is 12.5 Å². The van der Waals surface area contributed by atoms with Gasteiger partial charge in [0.05, 0.1) is 15.7 Å². The maximum atomic E-state index is 6.13. The number of benzene rings is 2. The summed E-state index contributed by atoms with van der Waals surface area (Å²) in [5.41, 5.74) is 9.09. The predicted molar refractivity (Wildman–Crippen MR) is 85.2 cm³/mol. The number of nitrogens with two attached hydrogens (primary N) is 1. The van der Waals surface area contributed by atoms with Gasteiger partial charge in [-0.2, -0.15) is 0 Å². The molecular formula is C15H13Cl2N3. The molecule has 102 valence electrons. The Bertz CT molecular complexity index is 683. The maximum Gasteiger partial charge on any atom is 0.201 e. The Labute approximate surface area is 127 Å². The van der Waals surface area contributed by atoms with Gasteiger partial charge in [0, 0.05) is 12.2 Å². The Morgan fingerprint density at radius 1 is 1.10 bits per heavy atom. The Morgan fingerprint density at radius 2 is 1.90 bits per heavy atom. The van der Waals surface area contributed by atoms with Crippen molar-refractivity contribution in [1.82, 2.24) is 0 Å². The van der Waals surface area contributed by atoms with Crippen molar-refractivity contribution in [3.05, 3.63) is 58.1 Å². The first-order valence-electron chi connectivity index (χ1n) is 6.30. The summed E-state index contributed by atoms with van der Waals surface area (Å²) < 4.78 is 0. The van der Waals surface area contributed by atoms with Crippen molar-refractivity contribution in [3.8, 4) is 0 Å². The van der Waals surface area contributed by atoms with Crippen molar-refractivity contribution in [2.24, 2.45) is 10.7 Å². The predicted octanol–water partition coefficient (Wildman–Crippen LogP) is 4.00. The first-order valence-corrected chi connectivity index (χ1v) is 7.06. The van der Waals surface area contributed by atoms with Crippen LogP contribution in [0.5, 0.6) is 0 Å². The van der Waals surface area contributed by atoms with E-state index >= 15 is 0 Å². The molecular weight excluding hydrogens is 293 g/mol. The van der Waals surface area contributed by atoms with E-state index in [1.165, 1.54) is 5.56 Å². The minimum atomic E-state index is 0.421. The first kappa shape index (κ1) is 13.3. The highest BCUT2D eigenvalue weighted by Gasteiger charge is 2.21. The highest BCUT2D eigenvalue weighted by molar-refractivity contribution is 6.43. The van der Waals surface area contributed by atoms with Crippen molar-refractivity contribution < 1.29 is 0 Å². The molecule has 0 saturated heterocycles. The van der Waals surface area contributed by atoms with Crippen molar-refractivity contribution in [1.29, 1.82) is 0 Å². The molecule has 0 fully saturated rings. The van der Waals surface area contributed by atoms with E-state index in [0.29, 0.717) is 21.7 Å². The van der Waals surface area contributed by atoms with Crippen LogP contribution >= 0.6 is 23.2 Å². The third-order valence-corrected chi connectivity index (χ3v) is 4.14. The van der Waals surface area contributed by atoms with E-state index in [4.69, 9.17) is 28.9 Å². The summed E-state index contributed by atoms with van der Waals surface area (Å²) >= 11 is 12.1. The summed E-state index contributed by atoms with van der Waals surface area (Å²) in [6.07, 6.45) is 0.968. The average molecular weight is 306 g/mol. The van der Waals surface area contributed by atoms with Crippen LogP contribution in [0.4, 0.5) is 11.4 Å². The summed E-state index contributed by atoms with van der Waals surface area (Å²) in [5.74, 6) is 0.430. The maximum absolute atomic E-state index is 6.13. The SMILES string of the molecule is NC(=Nc1cccc(Cl)c1Cl)N1CCc2ccccc21. The van der Waals surface area contributed by atoms with Crippen molar-refractivity contribution in [3.63, 3.8) is 0 Å². The number of para-hydroxylation sites is 1. The number of fused-ring (bicyclic) bond motifs is 1. The molecule has 0 aliphatic carbocycles. The summed E-state index contributed by atoms with van der Waals surface area (Å²) in [6.45, 7) is 0.826. The number of nitrogens with zero attached hydrogens (tertiary/aromatic N) is 2. The van der Waals surface area contributed by atoms with Gasteiger partial charge in [-0.05, 0) is 30.2 Å². The van der Waals surface area contributed by atoms with E-state index in [-0.39, 0.29) is 0 Å². The molecule has 5 heteroatoms. The number of anilines is 1. The molecule has 0 atom stereocenters. The van der Waals surface area contributed by atoms with Crippen LogP contribution in [0.3, 0.4) is 0 Å². The van der Waals surface area contributed by atoms with E-state index in [1.807, 2.05) is 23.1 Å². The Balaban J connectivity index is 1.96. The molecule has 0 radical (unpaired) electrons. The Kier molecular flexibility index (Phi) is 3.55. The highest BCUT2D eigenvalue weighted by atomic mass is 35.5. The van der Waals surface area contributed by atoms with Gasteiger partial charge in [-0.1, -0.05) is 47.5 Å². The second-order valence-corrected chi connectivity index (χ2v) is 5.36. The van der Waals surface area contributed by atoms with Crippen molar-refractivity contribution in [2.45, 2.75) is 6.42 Å². The number of guanidine groups is 1. The lowest BCUT2D eigenvalue weighted by Gasteiger charge is -2.18. The molecule has 1 aliphatic rings.